The molecule has 2 atom stereocenters. The van der Waals surface area contributed by atoms with E-state index in [0.717, 1.165) is 5.56 Å². The summed E-state index contributed by atoms with van der Waals surface area (Å²) < 4.78 is 0. The van der Waals surface area contributed by atoms with E-state index in [-0.39, 0.29) is 6.10 Å². The number of anilines is 1. The van der Waals surface area contributed by atoms with Crippen molar-refractivity contribution in [3.63, 3.8) is 0 Å². The van der Waals surface area contributed by atoms with Crippen molar-refractivity contribution in [2.75, 3.05) is 11.4 Å². The van der Waals surface area contributed by atoms with Crippen LogP contribution >= 0.6 is 0 Å². The van der Waals surface area contributed by atoms with E-state index in [1.807, 2.05) is 6.92 Å². The van der Waals surface area contributed by atoms with Crippen molar-refractivity contribution >= 4 is 5.69 Å². The Morgan fingerprint density at radius 3 is 2.61 bits per heavy atom. The average molecular weight is 247 g/mol. The molecule has 1 aromatic rings. The predicted molar refractivity (Wildman–Crippen MR) is 77.0 cm³/mol. The van der Waals surface area contributed by atoms with Crippen LogP contribution in [0.1, 0.15) is 57.6 Å². The quantitative estimate of drug-likeness (QED) is 0.872. The van der Waals surface area contributed by atoms with Crippen LogP contribution in [-0.4, -0.2) is 17.7 Å². The van der Waals surface area contributed by atoms with E-state index in [0.29, 0.717) is 6.04 Å². The van der Waals surface area contributed by atoms with E-state index in [2.05, 4.69) is 36.1 Å². The Balaban J connectivity index is 2.12. The molecule has 0 bridgehead atoms. The fourth-order valence-corrected chi connectivity index (χ4v) is 2.92. The zero-order chi connectivity index (χ0) is 13.0. The lowest BCUT2D eigenvalue weighted by Crippen LogP contribution is -2.39. The fraction of sp³-hybridized carbons (Fsp3) is 0.625. The van der Waals surface area contributed by atoms with Crippen LogP contribution < -0.4 is 4.90 Å². The Hall–Kier alpha value is -1.02. The predicted octanol–water partition coefficient (Wildman–Crippen LogP) is 3.90. The van der Waals surface area contributed by atoms with Crippen molar-refractivity contribution in [2.45, 2.75) is 58.1 Å². The molecule has 0 aromatic heterocycles. The Bertz CT molecular complexity index is 356. The fourth-order valence-electron chi connectivity index (χ4n) is 2.92. The number of aliphatic hydroxyl groups excluding tert-OH is 1. The summed E-state index contributed by atoms with van der Waals surface area (Å²) in [7, 11) is 0. The van der Waals surface area contributed by atoms with E-state index in [1.165, 1.54) is 44.3 Å². The van der Waals surface area contributed by atoms with Crippen LogP contribution in [0.25, 0.3) is 0 Å². The van der Waals surface area contributed by atoms with Crippen molar-refractivity contribution in [2.24, 2.45) is 0 Å². The van der Waals surface area contributed by atoms with Crippen molar-refractivity contribution in [3.05, 3.63) is 29.8 Å². The standard InChI is InChI=1S/C16H25NO/c1-3-6-15-7-4-5-12-17(15)16-10-8-14(9-11-16)13(2)18/h8-11,13,15,18H,3-7,12H2,1-2H3/t13-,15?/m1/s1. The molecule has 18 heavy (non-hydrogen) atoms. The molecule has 0 spiro atoms. The smallest absolute Gasteiger partial charge is 0.0761 e. The van der Waals surface area contributed by atoms with E-state index in [9.17, 15) is 5.11 Å². The second kappa shape index (κ2) is 6.24. The number of aliphatic hydroxyl groups is 1. The van der Waals surface area contributed by atoms with Crippen LogP contribution in [-0.2, 0) is 0 Å². The van der Waals surface area contributed by atoms with Crippen LogP contribution in [0, 0.1) is 0 Å². The van der Waals surface area contributed by atoms with E-state index < -0.39 is 0 Å². The SMILES string of the molecule is CCCC1CCCCN1c1ccc([C@@H](C)O)cc1. The number of hydrogen-bond donors (Lipinski definition) is 1. The molecule has 2 rings (SSSR count). The Morgan fingerprint density at radius 2 is 2.00 bits per heavy atom. The van der Waals surface area contributed by atoms with Crippen LogP contribution in [0.3, 0.4) is 0 Å². The molecule has 1 aliphatic heterocycles. The minimum atomic E-state index is -0.369. The first-order chi connectivity index (χ1) is 8.72. The van der Waals surface area contributed by atoms with Gasteiger partial charge >= 0.3 is 0 Å². The van der Waals surface area contributed by atoms with Gasteiger partial charge in [-0.05, 0) is 50.3 Å². The molecule has 0 amide bonds. The zero-order valence-electron chi connectivity index (χ0n) is 11.6. The molecule has 100 valence electrons. The summed E-state index contributed by atoms with van der Waals surface area (Å²) in [6.07, 6.45) is 6.18. The summed E-state index contributed by atoms with van der Waals surface area (Å²) in [5.74, 6) is 0. The number of hydrogen-bond acceptors (Lipinski definition) is 2. The van der Waals surface area contributed by atoms with Gasteiger partial charge in [-0.1, -0.05) is 25.5 Å². The molecule has 1 aliphatic rings. The highest BCUT2D eigenvalue weighted by Gasteiger charge is 2.21. The van der Waals surface area contributed by atoms with Crippen molar-refractivity contribution in [1.29, 1.82) is 0 Å². The van der Waals surface area contributed by atoms with Gasteiger partial charge in [-0.2, -0.15) is 0 Å². The van der Waals surface area contributed by atoms with Gasteiger partial charge in [0.1, 0.15) is 0 Å². The minimum absolute atomic E-state index is 0.369. The highest BCUT2D eigenvalue weighted by molar-refractivity contribution is 5.49. The topological polar surface area (TPSA) is 23.5 Å². The summed E-state index contributed by atoms with van der Waals surface area (Å²) >= 11 is 0. The summed E-state index contributed by atoms with van der Waals surface area (Å²) in [6, 6.07) is 9.14. The second-order valence-electron chi connectivity index (χ2n) is 5.40. The molecule has 1 fully saturated rings. The Labute approximate surface area is 111 Å². The molecule has 1 N–H and O–H groups in total. The monoisotopic (exact) mass is 247 g/mol. The van der Waals surface area contributed by atoms with Crippen molar-refractivity contribution in [3.8, 4) is 0 Å². The lowest BCUT2D eigenvalue weighted by atomic mass is 9.97. The molecule has 0 aliphatic carbocycles. The van der Waals surface area contributed by atoms with Crippen LogP contribution in [0.2, 0.25) is 0 Å². The van der Waals surface area contributed by atoms with E-state index in [1.54, 1.807) is 0 Å². The summed E-state index contributed by atoms with van der Waals surface area (Å²) in [4.78, 5) is 2.55. The highest BCUT2D eigenvalue weighted by atomic mass is 16.3. The zero-order valence-corrected chi connectivity index (χ0v) is 11.6. The molecule has 1 heterocycles. The van der Waals surface area contributed by atoms with E-state index >= 15 is 0 Å². The lowest BCUT2D eigenvalue weighted by Gasteiger charge is -2.37. The third-order valence-electron chi connectivity index (χ3n) is 3.96. The third kappa shape index (κ3) is 3.05. The van der Waals surface area contributed by atoms with Gasteiger partial charge in [-0.15, -0.1) is 0 Å². The van der Waals surface area contributed by atoms with Crippen LogP contribution in [0.4, 0.5) is 5.69 Å². The minimum Gasteiger partial charge on any atom is -0.389 e. The highest BCUT2D eigenvalue weighted by Crippen LogP contribution is 2.28. The first kappa shape index (κ1) is 13.4. The Kier molecular flexibility index (Phi) is 4.65. The number of rotatable bonds is 4. The van der Waals surface area contributed by atoms with Crippen LogP contribution in [0.15, 0.2) is 24.3 Å². The van der Waals surface area contributed by atoms with Crippen molar-refractivity contribution < 1.29 is 5.11 Å². The van der Waals surface area contributed by atoms with Gasteiger partial charge in [0.05, 0.1) is 6.10 Å². The summed E-state index contributed by atoms with van der Waals surface area (Å²) in [5, 5.41) is 9.55. The Morgan fingerprint density at radius 1 is 1.28 bits per heavy atom. The normalized spacial score (nSPS) is 21.9. The molecule has 2 nitrogen and oxygen atoms in total. The number of benzene rings is 1. The molecule has 1 aromatic carbocycles. The molecule has 0 saturated carbocycles. The third-order valence-corrected chi connectivity index (χ3v) is 3.96. The first-order valence-corrected chi connectivity index (χ1v) is 7.27. The molecule has 1 saturated heterocycles. The van der Waals surface area contributed by atoms with Gasteiger partial charge in [-0.25, -0.2) is 0 Å². The van der Waals surface area contributed by atoms with Gasteiger partial charge in [-0.3, -0.25) is 0 Å². The maximum absolute atomic E-state index is 9.55. The van der Waals surface area contributed by atoms with Gasteiger partial charge in [0.25, 0.3) is 0 Å². The second-order valence-corrected chi connectivity index (χ2v) is 5.40. The number of piperidine rings is 1. The largest absolute Gasteiger partial charge is 0.389 e. The van der Waals surface area contributed by atoms with Gasteiger partial charge in [0.2, 0.25) is 0 Å². The maximum Gasteiger partial charge on any atom is 0.0761 e. The average Bonchev–Trinajstić information content (AvgIpc) is 2.40. The van der Waals surface area contributed by atoms with Crippen LogP contribution in [0.5, 0.6) is 0 Å². The molecular weight excluding hydrogens is 222 g/mol. The van der Waals surface area contributed by atoms with Gasteiger partial charge in [0.15, 0.2) is 0 Å². The maximum atomic E-state index is 9.55. The molecule has 0 radical (unpaired) electrons. The molecule has 1 unspecified atom stereocenters. The first-order valence-electron chi connectivity index (χ1n) is 7.27. The van der Waals surface area contributed by atoms with E-state index in [4.69, 9.17) is 0 Å². The number of nitrogens with zero attached hydrogens (tertiary/aromatic N) is 1. The lowest BCUT2D eigenvalue weighted by molar-refractivity contribution is 0.199. The molecular formula is C16H25NO. The van der Waals surface area contributed by atoms with Gasteiger partial charge < -0.3 is 10.0 Å². The van der Waals surface area contributed by atoms with Crippen molar-refractivity contribution in [1.82, 2.24) is 0 Å². The van der Waals surface area contributed by atoms with Gasteiger partial charge in [0, 0.05) is 18.3 Å². The summed E-state index contributed by atoms with van der Waals surface area (Å²) in [5.41, 5.74) is 2.32. The molecule has 2 heteroatoms. The summed E-state index contributed by atoms with van der Waals surface area (Å²) in [6.45, 7) is 5.26.